The Bertz CT molecular complexity index is 188. The fraction of sp³-hybridized carbons (Fsp3) is 0.286. The van der Waals surface area contributed by atoms with E-state index in [1.807, 2.05) is 0 Å². The van der Waals surface area contributed by atoms with Crippen LogP contribution in [-0.4, -0.2) is 5.24 Å². The van der Waals surface area contributed by atoms with Crippen molar-refractivity contribution in [3.63, 3.8) is 0 Å². The number of halogens is 2. The molecule has 0 unspecified atom stereocenters. The minimum Gasteiger partial charge on any atom is -0.276 e. The summed E-state index contributed by atoms with van der Waals surface area (Å²) >= 11 is 10.6. The van der Waals surface area contributed by atoms with Crippen molar-refractivity contribution >= 4 is 28.4 Å². The first-order valence-electron chi connectivity index (χ1n) is 2.74. The average Bonchev–Trinajstić information content (AvgIpc) is 1.82. The van der Waals surface area contributed by atoms with Crippen molar-refractivity contribution in [3.8, 4) is 0 Å². The van der Waals surface area contributed by atoms with Crippen LogP contribution >= 0.6 is 23.2 Å². The van der Waals surface area contributed by atoms with Crippen LogP contribution in [0.2, 0.25) is 0 Å². The summed E-state index contributed by atoms with van der Waals surface area (Å²) in [6.45, 7) is 3.36. The second kappa shape index (κ2) is 4.53. The molecule has 3 heteroatoms. The van der Waals surface area contributed by atoms with Gasteiger partial charge in [-0.1, -0.05) is 17.7 Å². The summed E-state index contributed by atoms with van der Waals surface area (Å²) in [4.78, 5) is 10.4. The molecule has 0 radical (unpaired) electrons. The van der Waals surface area contributed by atoms with E-state index in [0.717, 1.165) is 0 Å². The van der Waals surface area contributed by atoms with Crippen molar-refractivity contribution < 1.29 is 4.79 Å². The molecule has 1 nitrogen and oxygen atoms in total. The monoisotopic (exact) mass is 178 g/mol. The molecular formula is C7H8Cl2O. The van der Waals surface area contributed by atoms with Gasteiger partial charge in [-0.25, -0.2) is 0 Å². The molecule has 0 aromatic rings. The molecule has 0 N–H and O–H groups in total. The van der Waals surface area contributed by atoms with E-state index in [1.165, 1.54) is 0 Å². The molecule has 0 saturated carbocycles. The number of hydrogen-bond acceptors (Lipinski definition) is 1. The third-order valence-corrected chi connectivity index (χ3v) is 1.30. The zero-order valence-electron chi connectivity index (χ0n) is 5.82. The van der Waals surface area contributed by atoms with Gasteiger partial charge in [0.25, 0.3) is 0 Å². The van der Waals surface area contributed by atoms with E-state index >= 15 is 0 Å². The zero-order chi connectivity index (χ0) is 8.15. The second-order valence-corrected chi connectivity index (χ2v) is 2.82. The third kappa shape index (κ3) is 4.59. The predicted molar refractivity (Wildman–Crippen MR) is 44.2 cm³/mol. The molecule has 0 aliphatic heterocycles. The quantitative estimate of drug-likeness (QED) is 0.362. The highest BCUT2D eigenvalue weighted by molar-refractivity contribution is 6.67. The lowest BCUT2D eigenvalue weighted by atomic mass is 10.3. The van der Waals surface area contributed by atoms with Crippen LogP contribution in [0.4, 0.5) is 0 Å². The maximum Gasteiger partial charge on any atom is 0.248 e. The molecule has 0 aliphatic carbocycles. The largest absolute Gasteiger partial charge is 0.276 e. The fourth-order valence-corrected chi connectivity index (χ4v) is 0.431. The molecule has 0 atom stereocenters. The van der Waals surface area contributed by atoms with Crippen molar-refractivity contribution in [1.82, 2.24) is 0 Å². The van der Waals surface area contributed by atoms with Gasteiger partial charge < -0.3 is 0 Å². The predicted octanol–water partition coefficient (Wildman–Crippen LogP) is 2.84. The van der Waals surface area contributed by atoms with E-state index in [-0.39, 0.29) is 0 Å². The molecule has 0 aromatic heterocycles. The maximum atomic E-state index is 10.4. The number of allylic oxidation sites excluding steroid dienone is 4. The van der Waals surface area contributed by atoms with E-state index in [0.29, 0.717) is 10.6 Å². The Morgan fingerprint density at radius 2 is 1.70 bits per heavy atom. The summed E-state index contributed by atoms with van der Waals surface area (Å²) < 4.78 is 0. The molecule has 0 bridgehead atoms. The molecule has 0 amide bonds. The van der Waals surface area contributed by atoms with E-state index < -0.39 is 5.24 Å². The lowest BCUT2D eigenvalue weighted by molar-refractivity contribution is -0.108. The smallest absolute Gasteiger partial charge is 0.248 e. The Kier molecular flexibility index (Phi) is 4.41. The van der Waals surface area contributed by atoms with E-state index in [1.54, 1.807) is 26.0 Å². The van der Waals surface area contributed by atoms with Gasteiger partial charge in [-0.05, 0) is 31.5 Å². The third-order valence-electron chi connectivity index (χ3n) is 0.873. The molecule has 0 spiro atoms. The van der Waals surface area contributed by atoms with E-state index in [4.69, 9.17) is 23.2 Å². The van der Waals surface area contributed by atoms with Gasteiger partial charge in [-0.3, -0.25) is 4.79 Å². The first-order chi connectivity index (χ1) is 4.54. The highest BCUT2D eigenvalue weighted by atomic mass is 35.5. The van der Waals surface area contributed by atoms with Crippen LogP contribution in [0.1, 0.15) is 13.8 Å². The SMILES string of the molecule is C/C(Cl)=C\C=C(/C)C(=O)Cl. The summed E-state index contributed by atoms with van der Waals surface area (Å²) in [5.74, 6) is 0. The molecule has 0 heterocycles. The van der Waals surface area contributed by atoms with Gasteiger partial charge in [0.15, 0.2) is 0 Å². The van der Waals surface area contributed by atoms with Crippen LogP contribution in [0, 0.1) is 0 Å². The first kappa shape index (κ1) is 9.73. The van der Waals surface area contributed by atoms with Gasteiger partial charge in [0.05, 0.1) is 0 Å². The van der Waals surface area contributed by atoms with Crippen molar-refractivity contribution in [2.45, 2.75) is 13.8 Å². The minimum absolute atomic E-state index is 0.450. The molecule has 0 aliphatic rings. The van der Waals surface area contributed by atoms with Crippen molar-refractivity contribution in [2.24, 2.45) is 0 Å². The van der Waals surface area contributed by atoms with Crippen LogP contribution in [0.5, 0.6) is 0 Å². The Hall–Kier alpha value is -0.270. The number of hydrogen-bond donors (Lipinski definition) is 0. The zero-order valence-corrected chi connectivity index (χ0v) is 7.33. The van der Waals surface area contributed by atoms with Crippen molar-refractivity contribution in [1.29, 1.82) is 0 Å². The molecule has 0 rings (SSSR count). The summed E-state index contributed by atoms with van der Waals surface area (Å²) in [5, 5.41) is 0.173. The standard InChI is InChI=1S/C7H8Cl2O/c1-5(7(9)10)3-4-6(2)8/h3-4H,1-2H3/b5-3+,6-4+. The molecule has 10 heavy (non-hydrogen) atoms. The van der Waals surface area contributed by atoms with Crippen LogP contribution in [-0.2, 0) is 4.79 Å². The van der Waals surface area contributed by atoms with Gasteiger partial charge in [0.2, 0.25) is 5.24 Å². The summed E-state index contributed by atoms with van der Waals surface area (Å²) in [6.07, 6.45) is 3.20. The number of rotatable bonds is 2. The molecular weight excluding hydrogens is 171 g/mol. The van der Waals surface area contributed by atoms with Crippen molar-refractivity contribution in [3.05, 3.63) is 22.8 Å². The summed E-state index contributed by atoms with van der Waals surface area (Å²) in [6, 6.07) is 0. The Morgan fingerprint density at radius 1 is 1.20 bits per heavy atom. The highest BCUT2D eigenvalue weighted by Gasteiger charge is 1.94. The fourth-order valence-electron chi connectivity index (χ4n) is 0.305. The second-order valence-electron chi connectivity index (χ2n) is 1.88. The summed E-state index contributed by atoms with van der Waals surface area (Å²) in [7, 11) is 0. The lowest BCUT2D eigenvalue weighted by Crippen LogP contribution is -1.85. The van der Waals surface area contributed by atoms with Crippen LogP contribution in [0.25, 0.3) is 0 Å². The maximum absolute atomic E-state index is 10.4. The average molecular weight is 179 g/mol. The van der Waals surface area contributed by atoms with E-state index in [2.05, 4.69) is 0 Å². The van der Waals surface area contributed by atoms with Gasteiger partial charge in [0.1, 0.15) is 0 Å². The first-order valence-corrected chi connectivity index (χ1v) is 3.50. The Balaban J connectivity index is 4.19. The van der Waals surface area contributed by atoms with Gasteiger partial charge >= 0.3 is 0 Å². The molecule has 56 valence electrons. The number of carbonyl (C=O) groups excluding carboxylic acids is 1. The minimum atomic E-state index is -0.450. The normalized spacial score (nSPS) is 13.6. The topological polar surface area (TPSA) is 17.1 Å². The van der Waals surface area contributed by atoms with E-state index in [9.17, 15) is 4.79 Å². The van der Waals surface area contributed by atoms with Crippen LogP contribution in [0.3, 0.4) is 0 Å². The lowest BCUT2D eigenvalue weighted by Gasteiger charge is -1.86. The Labute approximate surface area is 70.3 Å². The highest BCUT2D eigenvalue weighted by Crippen LogP contribution is 2.03. The van der Waals surface area contributed by atoms with Crippen molar-refractivity contribution in [2.75, 3.05) is 0 Å². The van der Waals surface area contributed by atoms with Gasteiger partial charge in [-0.15, -0.1) is 0 Å². The van der Waals surface area contributed by atoms with Gasteiger partial charge in [0, 0.05) is 10.6 Å². The molecule has 0 aromatic carbocycles. The number of carbonyl (C=O) groups is 1. The summed E-state index contributed by atoms with van der Waals surface area (Å²) in [5.41, 5.74) is 0.488. The van der Waals surface area contributed by atoms with Crippen LogP contribution < -0.4 is 0 Å². The molecule has 0 fully saturated rings. The Morgan fingerprint density at radius 3 is 2.00 bits per heavy atom. The van der Waals surface area contributed by atoms with Gasteiger partial charge in [-0.2, -0.15) is 0 Å². The molecule has 0 saturated heterocycles. The van der Waals surface area contributed by atoms with Crippen LogP contribution in [0.15, 0.2) is 22.8 Å².